The van der Waals surface area contributed by atoms with Crippen LogP contribution in [0.4, 0.5) is 10.3 Å². The third-order valence-electron chi connectivity index (χ3n) is 6.03. The fraction of sp³-hybridized carbons (Fsp3) is 0.333. The monoisotopic (exact) mass is 432 g/mol. The molecule has 5 rings (SSSR count). The highest BCUT2D eigenvalue weighted by Gasteiger charge is 2.31. The Morgan fingerprint density at radius 3 is 2.56 bits per heavy atom. The zero-order chi connectivity index (χ0) is 22.4. The molecule has 1 fully saturated rings. The number of nitrogens with zero attached hydrogens (tertiary/aromatic N) is 6. The Labute approximate surface area is 185 Å². The second-order valence-corrected chi connectivity index (χ2v) is 8.57. The minimum Gasteiger partial charge on any atom is -0.338 e. The fourth-order valence-electron chi connectivity index (χ4n) is 4.39. The molecule has 7 nitrogen and oxygen atoms in total. The molecule has 32 heavy (non-hydrogen) atoms. The second-order valence-electron chi connectivity index (χ2n) is 8.57. The van der Waals surface area contributed by atoms with Gasteiger partial charge in [0.1, 0.15) is 5.82 Å². The summed E-state index contributed by atoms with van der Waals surface area (Å²) in [5.74, 6) is 0.830. The van der Waals surface area contributed by atoms with Crippen LogP contribution in [0.15, 0.2) is 48.5 Å². The molecular weight excluding hydrogens is 407 g/mol. The van der Waals surface area contributed by atoms with E-state index in [1.165, 1.54) is 6.07 Å². The number of carbonyl (C=O) groups excluding carboxylic acids is 1. The van der Waals surface area contributed by atoms with Gasteiger partial charge in [0.2, 0.25) is 11.9 Å². The van der Waals surface area contributed by atoms with Crippen LogP contribution in [0.5, 0.6) is 0 Å². The number of amides is 1. The smallest absolute Gasteiger partial charge is 0.225 e. The van der Waals surface area contributed by atoms with E-state index in [-0.39, 0.29) is 23.7 Å². The van der Waals surface area contributed by atoms with Gasteiger partial charge in [-0.15, -0.1) is 10.2 Å². The first-order valence-electron chi connectivity index (χ1n) is 10.9. The van der Waals surface area contributed by atoms with E-state index in [1.54, 1.807) is 18.2 Å². The standard InChI is InChI=1S/C24H25FN6O/c1-15(2)23(32)30-13-12-29(14-16(30)3)24-26-20-11-7-5-9-18(20)22-28-27-21(31(22)24)17-8-4-6-10-19(17)25/h4-11,15-16H,12-14H2,1-3H3/t16-/m1/s1. The molecule has 0 unspecified atom stereocenters. The van der Waals surface area contributed by atoms with Gasteiger partial charge in [-0.3, -0.25) is 4.79 Å². The third-order valence-corrected chi connectivity index (χ3v) is 6.03. The van der Waals surface area contributed by atoms with E-state index < -0.39 is 0 Å². The maximum absolute atomic E-state index is 14.7. The van der Waals surface area contributed by atoms with Crippen molar-refractivity contribution in [2.45, 2.75) is 26.8 Å². The quantitative estimate of drug-likeness (QED) is 0.493. The fourth-order valence-corrected chi connectivity index (χ4v) is 4.39. The van der Waals surface area contributed by atoms with Crippen molar-refractivity contribution in [2.75, 3.05) is 24.5 Å². The number of aromatic nitrogens is 4. The first-order valence-corrected chi connectivity index (χ1v) is 10.9. The molecule has 0 aliphatic carbocycles. The van der Waals surface area contributed by atoms with E-state index in [2.05, 4.69) is 22.0 Å². The zero-order valence-corrected chi connectivity index (χ0v) is 18.4. The van der Waals surface area contributed by atoms with Crippen LogP contribution in [0.25, 0.3) is 27.9 Å². The lowest BCUT2D eigenvalue weighted by atomic mass is 10.1. The molecule has 164 valence electrons. The van der Waals surface area contributed by atoms with Crippen LogP contribution >= 0.6 is 0 Å². The van der Waals surface area contributed by atoms with Crippen molar-refractivity contribution in [3.05, 3.63) is 54.3 Å². The SMILES string of the molecule is CC(C)C(=O)N1CCN(c2nc3ccccc3c3nnc(-c4ccccc4F)n23)C[C@H]1C. The number of piperazine rings is 1. The molecular formula is C24H25FN6O. The molecule has 3 heterocycles. The van der Waals surface area contributed by atoms with Crippen molar-refractivity contribution < 1.29 is 9.18 Å². The van der Waals surface area contributed by atoms with E-state index in [9.17, 15) is 9.18 Å². The van der Waals surface area contributed by atoms with Crippen LogP contribution in [0.2, 0.25) is 0 Å². The van der Waals surface area contributed by atoms with Crippen molar-refractivity contribution in [1.82, 2.24) is 24.5 Å². The molecule has 0 N–H and O–H groups in total. The van der Waals surface area contributed by atoms with Crippen LogP contribution < -0.4 is 4.90 Å². The molecule has 1 amide bonds. The van der Waals surface area contributed by atoms with Crippen LogP contribution in [0, 0.1) is 11.7 Å². The van der Waals surface area contributed by atoms with Gasteiger partial charge in [0.15, 0.2) is 11.5 Å². The number of benzene rings is 2. The van der Waals surface area contributed by atoms with E-state index >= 15 is 0 Å². The third kappa shape index (κ3) is 3.26. The Morgan fingerprint density at radius 1 is 1.06 bits per heavy atom. The van der Waals surface area contributed by atoms with E-state index in [4.69, 9.17) is 4.98 Å². The number of para-hydroxylation sites is 1. The predicted octanol–water partition coefficient (Wildman–Crippen LogP) is 3.78. The molecule has 2 aromatic carbocycles. The lowest BCUT2D eigenvalue weighted by molar-refractivity contribution is -0.136. The Hall–Kier alpha value is -3.55. The lowest BCUT2D eigenvalue weighted by Crippen LogP contribution is -2.55. The van der Waals surface area contributed by atoms with E-state index in [0.29, 0.717) is 42.6 Å². The van der Waals surface area contributed by atoms with Gasteiger partial charge in [-0.25, -0.2) is 13.8 Å². The second kappa shape index (κ2) is 7.85. The highest BCUT2D eigenvalue weighted by molar-refractivity contribution is 5.93. The molecule has 0 spiro atoms. The Balaban J connectivity index is 1.66. The average Bonchev–Trinajstić information content (AvgIpc) is 3.23. The number of carbonyl (C=O) groups is 1. The van der Waals surface area contributed by atoms with Gasteiger partial charge in [0.05, 0.1) is 11.1 Å². The summed E-state index contributed by atoms with van der Waals surface area (Å²) in [5, 5.41) is 9.63. The summed E-state index contributed by atoms with van der Waals surface area (Å²) in [6.45, 7) is 7.74. The average molecular weight is 433 g/mol. The van der Waals surface area contributed by atoms with Crippen molar-refractivity contribution in [3.63, 3.8) is 0 Å². The molecule has 8 heteroatoms. The van der Waals surface area contributed by atoms with Crippen molar-refractivity contribution in [3.8, 4) is 11.4 Å². The summed E-state index contributed by atoms with van der Waals surface area (Å²) < 4.78 is 16.5. The maximum atomic E-state index is 14.7. The topological polar surface area (TPSA) is 66.6 Å². The summed E-state index contributed by atoms with van der Waals surface area (Å²) in [5.41, 5.74) is 1.81. The molecule has 0 saturated carbocycles. The van der Waals surface area contributed by atoms with Gasteiger partial charge in [-0.05, 0) is 31.2 Å². The number of fused-ring (bicyclic) bond motifs is 3. The van der Waals surface area contributed by atoms with E-state index in [0.717, 1.165) is 10.9 Å². The van der Waals surface area contributed by atoms with Crippen molar-refractivity contribution >= 4 is 28.4 Å². The Bertz CT molecular complexity index is 1320. The van der Waals surface area contributed by atoms with Crippen molar-refractivity contribution in [2.24, 2.45) is 5.92 Å². The minimum absolute atomic E-state index is 0.0235. The minimum atomic E-state index is -0.360. The van der Waals surface area contributed by atoms with Gasteiger partial charge >= 0.3 is 0 Å². The Kier molecular flexibility index (Phi) is 5.00. The van der Waals surface area contributed by atoms with Gasteiger partial charge in [0.25, 0.3) is 0 Å². The van der Waals surface area contributed by atoms with Gasteiger partial charge in [0, 0.05) is 37.0 Å². The number of anilines is 1. The number of hydrogen-bond acceptors (Lipinski definition) is 5. The summed E-state index contributed by atoms with van der Waals surface area (Å²) in [4.78, 5) is 21.6. The highest BCUT2D eigenvalue weighted by atomic mass is 19.1. The first-order chi connectivity index (χ1) is 15.5. The van der Waals surface area contributed by atoms with Crippen LogP contribution in [0.1, 0.15) is 20.8 Å². The molecule has 4 aromatic rings. The summed E-state index contributed by atoms with van der Waals surface area (Å²) in [7, 11) is 0. The molecule has 1 atom stereocenters. The molecule has 0 radical (unpaired) electrons. The zero-order valence-electron chi connectivity index (χ0n) is 18.4. The number of halogens is 1. The summed E-state index contributed by atoms with van der Waals surface area (Å²) in [6.07, 6.45) is 0. The van der Waals surface area contributed by atoms with Crippen LogP contribution in [-0.4, -0.2) is 56.1 Å². The first kappa shape index (κ1) is 20.4. The molecule has 1 saturated heterocycles. The van der Waals surface area contributed by atoms with Gasteiger partial charge < -0.3 is 9.80 Å². The largest absolute Gasteiger partial charge is 0.338 e. The highest BCUT2D eigenvalue weighted by Crippen LogP contribution is 2.30. The summed E-state index contributed by atoms with van der Waals surface area (Å²) in [6, 6.07) is 14.3. The molecule has 0 bridgehead atoms. The Morgan fingerprint density at radius 2 is 1.81 bits per heavy atom. The van der Waals surface area contributed by atoms with Crippen LogP contribution in [-0.2, 0) is 4.79 Å². The number of rotatable bonds is 3. The lowest BCUT2D eigenvalue weighted by Gasteiger charge is -2.41. The van der Waals surface area contributed by atoms with E-state index in [1.807, 2.05) is 47.4 Å². The summed E-state index contributed by atoms with van der Waals surface area (Å²) >= 11 is 0. The molecule has 2 aromatic heterocycles. The van der Waals surface area contributed by atoms with Gasteiger partial charge in [-0.1, -0.05) is 38.1 Å². The van der Waals surface area contributed by atoms with Crippen LogP contribution in [0.3, 0.4) is 0 Å². The maximum Gasteiger partial charge on any atom is 0.225 e. The molecule has 1 aliphatic rings. The van der Waals surface area contributed by atoms with Crippen molar-refractivity contribution in [1.29, 1.82) is 0 Å². The number of hydrogen-bond donors (Lipinski definition) is 0. The predicted molar refractivity (Wildman–Crippen MR) is 122 cm³/mol. The normalized spacial score (nSPS) is 17.0. The molecule has 1 aliphatic heterocycles. The van der Waals surface area contributed by atoms with Gasteiger partial charge in [-0.2, -0.15) is 0 Å².